The lowest BCUT2D eigenvalue weighted by Crippen LogP contribution is -2.27. The van der Waals surface area contributed by atoms with Crippen LogP contribution in [0, 0.1) is 0 Å². The summed E-state index contributed by atoms with van der Waals surface area (Å²) >= 11 is 0. The average molecular weight is 515 g/mol. The van der Waals surface area contributed by atoms with Gasteiger partial charge in [0.25, 0.3) is 0 Å². The number of carbonyl (C=O) groups is 1. The summed E-state index contributed by atoms with van der Waals surface area (Å²) in [6.45, 7) is 4.96. The lowest BCUT2D eigenvalue weighted by atomic mass is 9.78. The number of fused-ring (bicyclic) bond motifs is 1. The summed E-state index contributed by atoms with van der Waals surface area (Å²) in [4.78, 5) is 14.0. The molecule has 2 N–H and O–H groups in total. The lowest BCUT2D eigenvalue weighted by molar-refractivity contribution is -0.116. The second kappa shape index (κ2) is 11.1. The Morgan fingerprint density at radius 3 is 2.29 bits per heavy atom. The van der Waals surface area contributed by atoms with Crippen molar-refractivity contribution in [1.82, 2.24) is 0 Å². The van der Waals surface area contributed by atoms with Gasteiger partial charge in [-0.1, -0.05) is 18.2 Å². The molecular formula is C31H34N2O5. The van der Waals surface area contributed by atoms with Crippen molar-refractivity contribution in [3.63, 3.8) is 0 Å². The molecule has 1 aliphatic heterocycles. The first kappa shape index (κ1) is 25.5. The van der Waals surface area contributed by atoms with Gasteiger partial charge in [-0.15, -0.1) is 0 Å². The molecule has 3 aromatic rings. The second-order valence-corrected chi connectivity index (χ2v) is 9.35. The molecule has 1 heterocycles. The minimum atomic E-state index is -0.350. The smallest absolute Gasteiger partial charge is 0.163 e. The second-order valence-electron chi connectivity index (χ2n) is 9.35. The van der Waals surface area contributed by atoms with Crippen molar-refractivity contribution in [3.05, 3.63) is 83.1 Å². The molecule has 38 heavy (non-hydrogen) atoms. The van der Waals surface area contributed by atoms with Crippen LogP contribution in [0.2, 0.25) is 0 Å². The van der Waals surface area contributed by atoms with Crippen LogP contribution in [-0.2, 0) is 4.79 Å². The fourth-order valence-corrected chi connectivity index (χ4v) is 5.37. The molecule has 1 aliphatic carbocycles. The van der Waals surface area contributed by atoms with Crippen LogP contribution >= 0.6 is 0 Å². The van der Waals surface area contributed by atoms with Crippen LogP contribution in [0.25, 0.3) is 0 Å². The molecule has 7 nitrogen and oxygen atoms in total. The number of para-hydroxylation sites is 2. The predicted molar refractivity (Wildman–Crippen MR) is 149 cm³/mol. The highest BCUT2D eigenvalue weighted by atomic mass is 16.5. The van der Waals surface area contributed by atoms with Crippen molar-refractivity contribution in [1.29, 1.82) is 0 Å². The van der Waals surface area contributed by atoms with Crippen LogP contribution in [0.3, 0.4) is 0 Å². The number of carbonyl (C=O) groups excluding carboxylic acids is 1. The highest BCUT2D eigenvalue weighted by molar-refractivity contribution is 6.01. The van der Waals surface area contributed by atoms with Gasteiger partial charge >= 0.3 is 0 Å². The Bertz CT molecular complexity index is 1370. The Kier molecular flexibility index (Phi) is 7.45. The molecule has 0 amide bonds. The predicted octanol–water partition coefficient (Wildman–Crippen LogP) is 6.48. The van der Waals surface area contributed by atoms with E-state index in [-0.39, 0.29) is 17.7 Å². The third-order valence-corrected chi connectivity index (χ3v) is 7.09. The van der Waals surface area contributed by atoms with E-state index in [9.17, 15) is 4.79 Å². The molecule has 0 saturated carbocycles. The van der Waals surface area contributed by atoms with Gasteiger partial charge in [-0.05, 0) is 68.3 Å². The molecular weight excluding hydrogens is 480 g/mol. The van der Waals surface area contributed by atoms with E-state index < -0.39 is 0 Å². The molecule has 0 radical (unpaired) electrons. The summed E-state index contributed by atoms with van der Waals surface area (Å²) in [5, 5.41) is 7.24. The van der Waals surface area contributed by atoms with Gasteiger partial charge in [0.15, 0.2) is 17.3 Å². The van der Waals surface area contributed by atoms with Gasteiger partial charge in [-0.3, -0.25) is 4.79 Å². The topological polar surface area (TPSA) is 78.1 Å². The van der Waals surface area contributed by atoms with Gasteiger partial charge in [-0.25, -0.2) is 0 Å². The number of allylic oxidation sites excluding steroid dienone is 1. The van der Waals surface area contributed by atoms with Crippen LogP contribution in [-0.4, -0.2) is 33.2 Å². The van der Waals surface area contributed by atoms with E-state index in [1.807, 2.05) is 74.5 Å². The number of ether oxygens (including phenoxy) is 4. The third kappa shape index (κ3) is 4.88. The van der Waals surface area contributed by atoms with Gasteiger partial charge < -0.3 is 29.6 Å². The number of hydrogen-bond acceptors (Lipinski definition) is 7. The largest absolute Gasteiger partial charge is 0.497 e. The van der Waals surface area contributed by atoms with Gasteiger partial charge in [0.2, 0.25) is 0 Å². The van der Waals surface area contributed by atoms with Gasteiger partial charge in [0.1, 0.15) is 11.5 Å². The number of Topliss-reactive ketones (excluding diaryl/α,β-unsaturated/α-hetero) is 1. The number of hydrogen-bond donors (Lipinski definition) is 2. The molecule has 2 aliphatic rings. The highest BCUT2D eigenvalue weighted by Crippen LogP contribution is 2.47. The van der Waals surface area contributed by atoms with Crippen molar-refractivity contribution in [2.24, 2.45) is 0 Å². The van der Waals surface area contributed by atoms with Crippen molar-refractivity contribution in [2.75, 3.05) is 38.1 Å². The number of methoxy groups -OCH3 is 2. The summed E-state index contributed by atoms with van der Waals surface area (Å²) < 4.78 is 22.8. The summed E-state index contributed by atoms with van der Waals surface area (Å²) in [5.41, 5.74) is 5.42. The van der Waals surface area contributed by atoms with Crippen LogP contribution in [0.5, 0.6) is 23.0 Å². The first-order valence-electron chi connectivity index (χ1n) is 13.1. The van der Waals surface area contributed by atoms with E-state index >= 15 is 0 Å². The van der Waals surface area contributed by atoms with Gasteiger partial charge in [-0.2, -0.15) is 0 Å². The van der Waals surface area contributed by atoms with E-state index in [1.54, 1.807) is 14.2 Å². The molecule has 2 unspecified atom stereocenters. The van der Waals surface area contributed by atoms with E-state index in [0.717, 1.165) is 45.3 Å². The molecule has 0 spiro atoms. The minimum Gasteiger partial charge on any atom is -0.497 e. The van der Waals surface area contributed by atoms with Gasteiger partial charge in [0, 0.05) is 29.2 Å². The highest BCUT2D eigenvalue weighted by Gasteiger charge is 2.37. The average Bonchev–Trinajstić information content (AvgIpc) is 3.11. The molecule has 0 aromatic heterocycles. The van der Waals surface area contributed by atoms with Crippen LogP contribution in [0.4, 0.5) is 11.4 Å². The maximum absolute atomic E-state index is 14.0. The molecule has 3 aromatic carbocycles. The van der Waals surface area contributed by atoms with Crippen LogP contribution < -0.4 is 29.6 Å². The van der Waals surface area contributed by atoms with E-state index in [1.165, 1.54) is 0 Å². The number of rotatable bonds is 8. The van der Waals surface area contributed by atoms with E-state index in [0.29, 0.717) is 37.6 Å². The summed E-state index contributed by atoms with van der Waals surface area (Å²) in [6.07, 6.45) is 1.03. The Balaban J connectivity index is 1.60. The van der Waals surface area contributed by atoms with Crippen molar-refractivity contribution in [3.8, 4) is 23.0 Å². The molecule has 0 fully saturated rings. The summed E-state index contributed by atoms with van der Waals surface area (Å²) in [5.74, 6) is 2.90. The summed E-state index contributed by atoms with van der Waals surface area (Å²) in [7, 11) is 3.30. The van der Waals surface area contributed by atoms with Crippen molar-refractivity contribution in [2.45, 2.75) is 38.6 Å². The first-order valence-corrected chi connectivity index (χ1v) is 13.1. The normalized spacial score (nSPS) is 18.4. The number of nitrogens with one attached hydrogen (secondary N) is 2. The minimum absolute atomic E-state index is 0.0518. The van der Waals surface area contributed by atoms with E-state index in [2.05, 4.69) is 10.6 Å². The fraction of sp³-hybridized carbons (Fsp3) is 0.323. The Morgan fingerprint density at radius 2 is 1.55 bits per heavy atom. The molecule has 0 saturated heterocycles. The zero-order chi connectivity index (χ0) is 26.6. The number of anilines is 2. The lowest BCUT2D eigenvalue weighted by Gasteiger charge is -2.30. The number of benzene rings is 3. The fourth-order valence-electron chi connectivity index (χ4n) is 5.37. The summed E-state index contributed by atoms with van der Waals surface area (Å²) in [6, 6.07) is 19.3. The van der Waals surface area contributed by atoms with Crippen molar-refractivity contribution >= 4 is 17.2 Å². The SMILES string of the molecule is CCOc1ccc(C2Nc3ccccc3NC3=C2C(=O)CC(c2cc(OC)ccc2OC)C3)cc1OCC. The van der Waals surface area contributed by atoms with Crippen molar-refractivity contribution < 1.29 is 23.7 Å². The molecule has 198 valence electrons. The Labute approximate surface area is 223 Å². The Hall–Kier alpha value is -4.13. The molecule has 5 rings (SSSR count). The standard InChI is InChI=1S/C31H34N2O5/c1-5-37-28-13-11-19(17-29(28)38-6-2)31-30-25(32-23-9-7-8-10-24(23)33-31)15-20(16-26(30)34)22-18-21(35-3)12-14-27(22)36-4/h7-14,17-18,20,31-33H,5-6,15-16H2,1-4H3. The van der Waals surface area contributed by atoms with Gasteiger partial charge in [0.05, 0.1) is 44.8 Å². The zero-order valence-corrected chi connectivity index (χ0v) is 22.3. The molecule has 0 bridgehead atoms. The monoisotopic (exact) mass is 514 g/mol. The first-order chi connectivity index (χ1) is 18.6. The maximum Gasteiger partial charge on any atom is 0.163 e. The zero-order valence-electron chi connectivity index (χ0n) is 22.3. The molecule has 7 heteroatoms. The maximum atomic E-state index is 14.0. The number of ketones is 1. The quantitative estimate of drug-likeness (QED) is 0.356. The molecule has 2 atom stereocenters. The third-order valence-electron chi connectivity index (χ3n) is 7.09. The van der Waals surface area contributed by atoms with E-state index in [4.69, 9.17) is 18.9 Å². The Morgan fingerprint density at radius 1 is 0.816 bits per heavy atom. The van der Waals surface area contributed by atoms with Crippen LogP contribution in [0.15, 0.2) is 71.9 Å². The van der Waals surface area contributed by atoms with Crippen LogP contribution in [0.1, 0.15) is 49.8 Å².